The van der Waals surface area contributed by atoms with Crippen LogP contribution in [0.4, 0.5) is 14.5 Å². The largest absolute Gasteiger partial charge is 0.367 e. The van der Waals surface area contributed by atoms with Gasteiger partial charge in [-0.1, -0.05) is 30.3 Å². The molecule has 0 aliphatic carbocycles. The van der Waals surface area contributed by atoms with E-state index in [1.807, 2.05) is 30.3 Å². The minimum atomic E-state index is -4.13. The average molecular weight is 438 g/mol. The molecule has 0 saturated carbocycles. The molecule has 160 valence electrons. The Bertz CT molecular complexity index is 1050. The van der Waals surface area contributed by atoms with Gasteiger partial charge in [-0.05, 0) is 24.6 Å². The molecule has 1 fully saturated rings. The molecule has 1 aliphatic heterocycles. The molecule has 10 heteroatoms. The Balaban J connectivity index is 1.75. The van der Waals surface area contributed by atoms with Crippen molar-refractivity contribution in [3.8, 4) is 0 Å². The minimum Gasteiger partial charge on any atom is -0.367 e. The molecule has 2 amide bonds. The lowest BCUT2D eigenvalue weighted by Crippen LogP contribution is -2.49. The van der Waals surface area contributed by atoms with E-state index in [1.165, 1.54) is 4.90 Å². The molecule has 30 heavy (non-hydrogen) atoms. The first-order valence-corrected chi connectivity index (χ1v) is 10.9. The van der Waals surface area contributed by atoms with Crippen molar-refractivity contribution in [1.82, 2.24) is 4.90 Å². The predicted molar refractivity (Wildman–Crippen MR) is 104 cm³/mol. The minimum absolute atomic E-state index is 0.135. The van der Waals surface area contributed by atoms with Gasteiger partial charge in [-0.25, -0.2) is 17.2 Å². The summed E-state index contributed by atoms with van der Waals surface area (Å²) in [6.45, 7) is 2.07. The highest BCUT2D eigenvalue weighted by Crippen LogP contribution is 2.26. The lowest BCUT2D eigenvalue weighted by atomic mass is 10.1. The van der Waals surface area contributed by atoms with E-state index in [-0.39, 0.29) is 24.9 Å². The van der Waals surface area contributed by atoms with E-state index in [9.17, 15) is 26.8 Å². The van der Waals surface area contributed by atoms with Crippen molar-refractivity contribution in [1.29, 1.82) is 0 Å². The summed E-state index contributed by atoms with van der Waals surface area (Å²) in [6, 6.07) is 10.5. The molecule has 1 saturated heterocycles. The van der Waals surface area contributed by atoms with Crippen molar-refractivity contribution < 1.29 is 31.5 Å². The molecule has 0 radical (unpaired) electrons. The van der Waals surface area contributed by atoms with Crippen LogP contribution in [0.5, 0.6) is 0 Å². The van der Waals surface area contributed by atoms with E-state index in [4.69, 9.17) is 4.74 Å². The van der Waals surface area contributed by atoms with Gasteiger partial charge in [-0.15, -0.1) is 0 Å². The van der Waals surface area contributed by atoms with Crippen molar-refractivity contribution in [2.75, 3.05) is 24.7 Å². The fourth-order valence-electron chi connectivity index (χ4n) is 3.28. The Labute approximate surface area is 172 Å². The molecule has 7 nitrogen and oxygen atoms in total. The zero-order chi connectivity index (χ0) is 22.1. The molecule has 2 aromatic carbocycles. The number of nitrogens with zero attached hydrogens (tertiary/aromatic N) is 1. The third-order valence-electron chi connectivity index (χ3n) is 4.54. The van der Waals surface area contributed by atoms with Gasteiger partial charge >= 0.3 is 11.8 Å². The quantitative estimate of drug-likeness (QED) is 0.743. The van der Waals surface area contributed by atoms with Gasteiger partial charge in [-0.3, -0.25) is 9.59 Å². The number of amides is 2. The summed E-state index contributed by atoms with van der Waals surface area (Å²) in [4.78, 5) is 25.2. The van der Waals surface area contributed by atoms with Gasteiger partial charge in [0, 0.05) is 18.5 Å². The first-order valence-electron chi connectivity index (χ1n) is 9.06. The zero-order valence-electron chi connectivity index (χ0n) is 16.3. The number of carbonyl (C=O) groups excluding carboxylic acids is 2. The van der Waals surface area contributed by atoms with Gasteiger partial charge in [0.05, 0.1) is 12.6 Å². The van der Waals surface area contributed by atoms with E-state index in [1.54, 1.807) is 6.92 Å². The number of halogens is 2. The molecular formula is C20H20F2N2O5S. The Morgan fingerprint density at radius 1 is 1.10 bits per heavy atom. The highest BCUT2D eigenvalue weighted by molar-refractivity contribution is 7.90. The van der Waals surface area contributed by atoms with Crippen molar-refractivity contribution in [2.45, 2.75) is 24.0 Å². The summed E-state index contributed by atoms with van der Waals surface area (Å²) in [7, 11) is -4.13. The summed E-state index contributed by atoms with van der Waals surface area (Å²) in [6.07, 6.45) is -0.0841. The fourth-order valence-corrected chi connectivity index (χ4v) is 4.11. The van der Waals surface area contributed by atoms with Crippen molar-refractivity contribution in [3.63, 3.8) is 0 Å². The summed E-state index contributed by atoms with van der Waals surface area (Å²) in [5, 5.41) is 2.12. The Kier molecular flexibility index (Phi) is 6.18. The number of hydrogen-bond donors (Lipinski definition) is 1. The van der Waals surface area contributed by atoms with Gasteiger partial charge in [0.2, 0.25) is 0 Å². The third-order valence-corrected chi connectivity index (χ3v) is 5.67. The van der Waals surface area contributed by atoms with Crippen LogP contribution < -0.4 is 5.32 Å². The van der Waals surface area contributed by atoms with Crippen LogP contribution in [0.2, 0.25) is 0 Å². The Hall–Kier alpha value is -2.85. The predicted octanol–water partition coefficient (Wildman–Crippen LogP) is 2.30. The van der Waals surface area contributed by atoms with Gasteiger partial charge in [0.1, 0.15) is 22.6 Å². The Morgan fingerprint density at radius 3 is 2.27 bits per heavy atom. The van der Waals surface area contributed by atoms with Gasteiger partial charge in [0.25, 0.3) is 0 Å². The number of anilines is 1. The fraction of sp³-hybridized carbons (Fsp3) is 0.300. The highest BCUT2D eigenvalue weighted by Gasteiger charge is 2.32. The number of hydrogen-bond acceptors (Lipinski definition) is 5. The number of ether oxygens (including phenoxy) is 1. The molecule has 0 spiro atoms. The Morgan fingerprint density at radius 2 is 1.70 bits per heavy atom. The van der Waals surface area contributed by atoms with Crippen LogP contribution >= 0.6 is 0 Å². The second-order valence-corrected chi connectivity index (χ2v) is 9.00. The van der Waals surface area contributed by atoms with Crippen LogP contribution in [-0.2, 0) is 24.2 Å². The zero-order valence-corrected chi connectivity index (χ0v) is 17.1. The number of benzene rings is 2. The number of morpholine rings is 1. The maximum Gasteiger partial charge on any atom is 0.313 e. The lowest BCUT2D eigenvalue weighted by Gasteiger charge is -2.36. The maximum atomic E-state index is 14.0. The topological polar surface area (TPSA) is 92.8 Å². The maximum absolute atomic E-state index is 14.0. The molecule has 1 aliphatic rings. The van der Waals surface area contributed by atoms with E-state index in [2.05, 4.69) is 5.32 Å². The first-order chi connectivity index (χ1) is 14.1. The summed E-state index contributed by atoms with van der Waals surface area (Å²) >= 11 is 0. The van der Waals surface area contributed by atoms with Crippen LogP contribution in [0.3, 0.4) is 0 Å². The number of nitrogens with one attached hydrogen (secondary N) is 1. The first kappa shape index (κ1) is 21.8. The van der Waals surface area contributed by atoms with Crippen LogP contribution in [0.25, 0.3) is 0 Å². The second kappa shape index (κ2) is 8.49. The molecular weight excluding hydrogens is 418 g/mol. The molecule has 0 bridgehead atoms. The summed E-state index contributed by atoms with van der Waals surface area (Å²) in [5.74, 6) is -4.70. The van der Waals surface area contributed by atoms with Gasteiger partial charge in [-0.2, -0.15) is 0 Å². The van der Waals surface area contributed by atoms with E-state index in [0.717, 1.165) is 5.56 Å². The second-order valence-electron chi connectivity index (χ2n) is 7.05. The normalized spacial score (nSPS) is 19.4. The van der Waals surface area contributed by atoms with Gasteiger partial charge < -0.3 is 15.0 Å². The van der Waals surface area contributed by atoms with Crippen LogP contribution in [0.15, 0.2) is 47.4 Å². The van der Waals surface area contributed by atoms with Crippen molar-refractivity contribution in [3.05, 3.63) is 59.7 Å². The smallest absolute Gasteiger partial charge is 0.313 e. The SMILES string of the molecule is CC1CN(C(=O)C(=O)Nc2cc(F)c(S(C)(=O)=O)c(F)c2)CC(c2ccccc2)O1. The number of sulfone groups is 1. The number of carbonyl (C=O) groups is 2. The average Bonchev–Trinajstić information content (AvgIpc) is 2.65. The monoisotopic (exact) mass is 438 g/mol. The van der Waals surface area contributed by atoms with E-state index in [0.29, 0.717) is 18.4 Å². The molecule has 0 aromatic heterocycles. The molecule has 1 heterocycles. The standard InChI is InChI=1S/C20H20F2N2O5S/c1-12-10-24(11-17(29-12)13-6-4-3-5-7-13)20(26)19(25)23-14-8-15(21)18(16(22)9-14)30(2,27)28/h3-9,12,17H,10-11H2,1-2H3,(H,23,25). The summed E-state index contributed by atoms with van der Waals surface area (Å²) in [5.41, 5.74) is 0.486. The van der Waals surface area contributed by atoms with Gasteiger partial charge in [0.15, 0.2) is 9.84 Å². The summed E-state index contributed by atoms with van der Waals surface area (Å²) < 4.78 is 56.8. The molecule has 2 aromatic rings. The number of rotatable bonds is 3. The molecule has 2 unspecified atom stereocenters. The lowest BCUT2D eigenvalue weighted by molar-refractivity contribution is -0.152. The highest BCUT2D eigenvalue weighted by atomic mass is 32.2. The van der Waals surface area contributed by atoms with Crippen molar-refractivity contribution in [2.24, 2.45) is 0 Å². The molecule has 3 rings (SSSR count). The molecule has 1 N–H and O–H groups in total. The van der Waals surface area contributed by atoms with E-state index < -0.39 is 44.3 Å². The van der Waals surface area contributed by atoms with Crippen LogP contribution in [0.1, 0.15) is 18.6 Å². The van der Waals surface area contributed by atoms with Crippen LogP contribution in [-0.4, -0.2) is 50.6 Å². The molecule has 2 atom stereocenters. The van der Waals surface area contributed by atoms with Crippen LogP contribution in [0, 0.1) is 11.6 Å². The van der Waals surface area contributed by atoms with Crippen molar-refractivity contribution >= 4 is 27.3 Å². The third kappa shape index (κ3) is 4.82. The van der Waals surface area contributed by atoms with E-state index >= 15 is 0 Å².